The van der Waals surface area contributed by atoms with Crippen LogP contribution in [0.5, 0.6) is 0 Å². The first-order valence-corrected chi connectivity index (χ1v) is 30.5. The predicted molar refractivity (Wildman–Crippen MR) is 201 cm³/mol. The van der Waals surface area contributed by atoms with Gasteiger partial charge in [0.15, 0.2) is 16.6 Å². The summed E-state index contributed by atoms with van der Waals surface area (Å²) in [5.74, 6) is 0. The zero-order chi connectivity index (χ0) is 35.2. The Labute approximate surface area is 294 Å². The summed E-state index contributed by atoms with van der Waals surface area (Å²) in [6.07, 6.45) is 12.1. The molecule has 0 saturated carbocycles. The minimum absolute atomic E-state index is 0.436. The number of pyridine rings is 3. The van der Waals surface area contributed by atoms with Gasteiger partial charge in [0.2, 0.25) is 0 Å². The van der Waals surface area contributed by atoms with Gasteiger partial charge in [0.05, 0.1) is 0 Å². The molecule has 0 aliphatic heterocycles. The first-order valence-electron chi connectivity index (χ1n) is 17.0. The summed E-state index contributed by atoms with van der Waals surface area (Å²) in [6.45, 7) is 20.1. The van der Waals surface area contributed by atoms with E-state index >= 15 is 0 Å². The molecule has 2 unspecified atom stereocenters. The molecule has 48 heavy (non-hydrogen) atoms. The van der Waals surface area contributed by atoms with E-state index in [2.05, 4.69) is 60.3 Å². The molecule has 3 heterocycles. The van der Waals surface area contributed by atoms with E-state index in [4.69, 9.17) is 29.7 Å². The van der Waals surface area contributed by atoms with E-state index in [0.717, 1.165) is 55.5 Å². The lowest BCUT2D eigenvalue weighted by Crippen LogP contribution is -2.64. The second kappa shape index (κ2) is 19.0. The Morgan fingerprint density at radius 1 is 0.479 bits per heavy atom. The topological polar surface area (TPSA) is 103 Å². The van der Waals surface area contributed by atoms with Crippen LogP contribution < -0.4 is 0 Å². The van der Waals surface area contributed by atoms with Gasteiger partial charge in [0.1, 0.15) is 0 Å². The van der Waals surface area contributed by atoms with Crippen molar-refractivity contribution in [2.75, 3.05) is 19.8 Å². The molecule has 0 aliphatic rings. The Morgan fingerprint density at radius 3 is 1.29 bits per heavy atom. The fourth-order valence-electron chi connectivity index (χ4n) is 5.22. The highest BCUT2D eigenvalue weighted by Crippen LogP contribution is 2.29. The molecule has 3 aromatic rings. The van der Waals surface area contributed by atoms with Crippen molar-refractivity contribution in [3.05, 3.63) is 90.3 Å². The average molecular weight is 748 g/mol. The van der Waals surface area contributed by atoms with Crippen LogP contribution in [0.15, 0.2) is 73.3 Å². The molecule has 0 spiro atoms. The third kappa shape index (κ3) is 16.8. The Kier molecular flexibility index (Phi) is 16.1. The van der Waals surface area contributed by atoms with Crippen molar-refractivity contribution in [3.63, 3.8) is 0 Å². The maximum absolute atomic E-state index is 6.97. The molecule has 0 bridgehead atoms. The number of hydrogen-bond acceptors (Lipinski definition) is 10. The van der Waals surface area contributed by atoms with Crippen molar-refractivity contribution in [2.45, 2.75) is 97.4 Å². The molecular formula is C33H57N3O7Si5. The Morgan fingerprint density at radius 2 is 0.917 bits per heavy atom. The molecule has 15 heteroatoms. The van der Waals surface area contributed by atoms with Crippen LogP contribution in [0.4, 0.5) is 0 Å². The first-order chi connectivity index (χ1) is 22.6. The molecule has 0 aliphatic carbocycles. The number of aryl methyl sites for hydroxylation is 3. The van der Waals surface area contributed by atoms with Crippen LogP contribution in [0.25, 0.3) is 0 Å². The third-order valence-electron chi connectivity index (χ3n) is 6.76. The highest BCUT2D eigenvalue weighted by molar-refractivity contribution is 6.86. The zero-order valence-electron chi connectivity index (χ0n) is 30.5. The molecule has 0 N–H and O–H groups in total. The molecule has 0 radical (unpaired) electrons. The minimum atomic E-state index is -3.48. The second-order valence-electron chi connectivity index (χ2n) is 14.1. The van der Waals surface area contributed by atoms with Gasteiger partial charge in [-0.25, -0.2) is 0 Å². The molecule has 3 rings (SSSR count). The quantitative estimate of drug-likeness (QED) is 0.0714. The van der Waals surface area contributed by atoms with Gasteiger partial charge < -0.3 is 29.7 Å². The SMILES string of the molecule is C[Si](C)(C)O[Si](C)(OCCCc1ccccn1)O[Si](C)(OCCCc1cccnc1)O[Si](C)(OCCCc1ccccn1)O[Si](C)(C)C. The molecule has 0 saturated heterocycles. The summed E-state index contributed by atoms with van der Waals surface area (Å²) < 4.78 is 47.2. The normalized spacial score (nSPS) is 16.2. The molecule has 3 aromatic heterocycles. The summed E-state index contributed by atoms with van der Waals surface area (Å²) in [7, 11) is -14.2. The predicted octanol–water partition coefficient (Wildman–Crippen LogP) is 7.56. The zero-order valence-corrected chi connectivity index (χ0v) is 35.5. The van der Waals surface area contributed by atoms with E-state index in [1.165, 1.54) is 0 Å². The fourth-order valence-corrected chi connectivity index (χ4v) is 24.1. The fraction of sp³-hybridized carbons (Fsp3) is 0.545. The lowest BCUT2D eigenvalue weighted by Gasteiger charge is -2.42. The van der Waals surface area contributed by atoms with Crippen molar-refractivity contribution in [1.29, 1.82) is 0 Å². The lowest BCUT2D eigenvalue weighted by molar-refractivity contribution is 0.0723. The van der Waals surface area contributed by atoms with Crippen molar-refractivity contribution >= 4 is 43.0 Å². The maximum atomic E-state index is 6.97. The summed E-state index contributed by atoms with van der Waals surface area (Å²) in [4.78, 5) is 13.2. The summed E-state index contributed by atoms with van der Waals surface area (Å²) in [5, 5.41) is 0. The Bertz CT molecular complexity index is 1250. The number of hydrogen-bond donors (Lipinski definition) is 0. The van der Waals surface area contributed by atoms with E-state index in [1.54, 1.807) is 6.20 Å². The largest absolute Gasteiger partial charge is 0.482 e. The van der Waals surface area contributed by atoms with Crippen LogP contribution in [0.3, 0.4) is 0 Å². The van der Waals surface area contributed by atoms with E-state index in [1.807, 2.05) is 80.7 Å². The summed E-state index contributed by atoms with van der Waals surface area (Å²) >= 11 is 0. The molecule has 2 atom stereocenters. The average Bonchev–Trinajstić information content (AvgIpc) is 2.99. The maximum Gasteiger partial charge on any atom is 0.482 e. The van der Waals surface area contributed by atoms with Crippen molar-refractivity contribution in [1.82, 2.24) is 15.0 Å². The van der Waals surface area contributed by atoms with Crippen molar-refractivity contribution in [3.8, 4) is 0 Å². The minimum Gasteiger partial charge on any atom is -0.416 e. The van der Waals surface area contributed by atoms with Crippen LogP contribution >= 0.6 is 0 Å². The van der Waals surface area contributed by atoms with Crippen molar-refractivity contribution < 1.29 is 29.7 Å². The van der Waals surface area contributed by atoms with E-state index in [0.29, 0.717) is 19.8 Å². The highest BCUT2D eigenvalue weighted by atomic mass is 28.5. The van der Waals surface area contributed by atoms with Gasteiger partial charge in [0.25, 0.3) is 0 Å². The monoisotopic (exact) mass is 747 g/mol. The van der Waals surface area contributed by atoms with Gasteiger partial charge in [-0.15, -0.1) is 0 Å². The molecule has 266 valence electrons. The van der Waals surface area contributed by atoms with E-state index < -0.39 is 43.0 Å². The van der Waals surface area contributed by atoms with E-state index in [-0.39, 0.29) is 0 Å². The number of aromatic nitrogens is 3. The molecule has 0 aromatic carbocycles. The second-order valence-corrected chi connectivity index (χ2v) is 31.8. The van der Waals surface area contributed by atoms with Crippen LogP contribution in [-0.4, -0.2) is 77.8 Å². The number of rotatable bonds is 23. The van der Waals surface area contributed by atoms with Crippen molar-refractivity contribution in [2.24, 2.45) is 0 Å². The third-order valence-corrected chi connectivity index (χ3v) is 22.7. The summed E-state index contributed by atoms with van der Waals surface area (Å²) in [6, 6.07) is 15.9. The molecule has 0 amide bonds. The molecule has 0 fully saturated rings. The van der Waals surface area contributed by atoms with Crippen LogP contribution in [0.1, 0.15) is 36.2 Å². The van der Waals surface area contributed by atoms with Gasteiger partial charge in [-0.3, -0.25) is 15.0 Å². The highest BCUT2D eigenvalue weighted by Gasteiger charge is 2.55. The first kappa shape index (κ1) is 40.7. The van der Waals surface area contributed by atoms with Gasteiger partial charge in [0, 0.05) is 75.6 Å². The van der Waals surface area contributed by atoms with Crippen LogP contribution in [-0.2, 0) is 49.0 Å². The van der Waals surface area contributed by atoms with Crippen LogP contribution in [0, 0.1) is 0 Å². The molecular weight excluding hydrogens is 691 g/mol. The van der Waals surface area contributed by atoms with Gasteiger partial charge in [-0.1, -0.05) is 18.2 Å². The number of nitrogens with zero attached hydrogens (tertiary/aromatic N) is 3. The van der Waals surface area contributed by atoms with Crippen LogP contribution in [0.2, 0.25) is 58.9 Å². The van der Waals surface area contributed by atoms with Gasteiger partial charge in [-0.2, -0.15) is 0 Å². The molecule has 10 nitrogen and oxygen atoms in total. The van der Waals surface area contributed by atoms with Gasteiger partial charge in [-0.05, 0) is 114 Å². The Hall–Kier alpha value is -1.75. The Balaban J connectivity index is 1.80. The smallest absolute Gasteiger partial charge is 0.416 e. The van der Waals surface area contributed by atoms with E-state index in [9.17, 15) is 0 Å². The summed E-state index contributed by atoms with van der Waals surface area (Å²) in [5.41, 5.74) is 3.21. The van der Waals surface area contributed by atoms with Gasteiger partial charge >= 0.3 is 26.4 Å². The standard InChI is InChI=1S/C33H57N3O7Si5/c1-44(2,3)40-46(7,37-28-16-22-32-20-10-12-25-35-32)42-48(9,39-27-15-19-31-18-14-24-34-30-31)43-47(8,41-45(4,5)6)38-29-17-23-33-21-11-13-26-36-33/h10-14,18,20-21,24-26,30H,15-17,19,22-23,27-29H2,1-9H3. The lowest BCUT2D eigenvalue weighted by atomic mass is 10.2.